The van der Waals surface area contributed by atoms with E-state index in [0.717, 1.165) is 111 Å². The number of benzene rings is 9. The van der Waals surface area contributed by atoms with Crippen molar-refractivity contribution in [2.24, 2.45) is 0 Å². The zero-order valence-corrected chi connectivity index (χ0v) is 35.2. The van der Waals surface area contributed by atoms with Gasteiger partial charge in [0, 0.05) is 72.4 Å². The number of hydrogen-bond acceptors (Lipinski definition) is 4. The summed E-state index contributed by atoms with van der Waals surface area (Å²) in [5, 5.41) is 10.4. The van der Waals surface area contributed by atoms with Crippen molar-refractivity contribution in [3.63, 3.8) is 0 Å². The molecule has 0 amide bonds. The number of furan rings is 2. The predicted octanol–water partition coefficient (Wildman–Crippen LogP) is 16.9. The van der Waals surface area contributed by atoms with E-state index in [1.54, 1.807) is 0 Å². The van der Waals surface area contributed by atoms with Gasteiger partial charge in [-0.3, -0.25) is 0 Å². The zero-order valence-electron chi connectivity index (χ0n) is 35.2. The Kier molecular flexibility index (Phi) is 8.30. The highest BCUT2D eigenvalue weighted by Gasteiger charge is 2.23. The lowest BCUT2D eigenvalue weighted by Gasteiger charge is -2.25. The van der Waals surface area contributed by atoms with Crippen LogP contribution in [0, 0.1) is 0 Å². The van der Waals surface area contributed by atoms with Gasteiger partial charge in [0.1, 0.15) is 22.3 Å². The molecule has 0 saturated carbocycles. The third-order valence-corrected chi connectivity index (χ3v) is 12.9. The maximum absolute atomic E-state index is 6.85. The molecule has 1 N–H and O–H groups in total. The van der Waals surface area contributed by atoms with E-state index in [0.29, 0.717) is 0 Å². The summed E-state index contributed by atoms with van der Waals surface area (Å²) in [6, 6.07) is 68.6. The predicted molar refractivity (Wildman–Crippen MR) is 272 cm³/mol. The topological polar surface area (TPSA) is 46.5 Å². The first-order valence-corrected chi connectivity index (χ1v) is 21.9. The molecule has 1 aliphatic rings. The quantitative estimate of drug-likeness (QED) is 0.181. The minimum atomic E-state index is 0.812. The maximum Gasteiger partial charge on any atom is 0.145 e. The second-order valence-electron chi connectivity index (χ2n) is 16.7. The number of aromatic nitrogens is 1. The van der Waals surface area contributed by atoms with Crippen LogP contribution in [0.15, 0.2) is 234 Å². The van der Waals surface area contributed by atoms with Gasteiger partial charge in [-0.1, -0.05) is 122 Å². The summed E-state index contributed by atoms with van der Waals surface area (Å²) in [5.74, 6) is 0. The molecule has 0 saturated heterocycles. The molecule has 306 valence electrons. The number of nitrogens with one attached hydrogen (secondary N) is 1. The molecule has 13 rings (SSSR count). The Labute approximate surface area is 374 Å². The van der Waals surface area contributed by atoms with Gasteiger partial charge in [-0.25, -0.2) is 0 Å². The first-order valence-electron chi connectivity index (χ1n) is 21.9. The number of fused-ring (bicyclic) bond motifs is 11. The fraction of sp³-hybridized carbons (Fsp3) is 0. The molecule has 0 aliphatic carbocycles. The lowest BCUT2D eigenvalue weighted by molar-refractivity contribution is 0.667. The monoisotopic (exact) mass is 833 g/mol. The molecule has 5 heteroatoms. The van der Waals surface area contributed by atoms with Gasteiger partial charge in [0.2, 0.25) is 0 Å². The molecule has 9 aromatic carbocycles. The molecule has 4 heterocycles. The average Bonchev–Trinajstić information content (AvgIpc) is 4.02. The summed E-state index contributed by atoms with van der Waals surface area (Å²) < 4.78 is 15.4. The van der Waals surface area contributed by atoms with Crippen molar-refractivity contribution >= 4 is 94.0 Å². The van der Waals surface area contributed by atoms with Crippen molar-refractivity contribution in [3.8, 4) is 27.9 Å². The van der Waals surface area contributed by atoms with E-state index in [4.69, 9.17) is 8.83 Å². The van der Waals surface area contributed by atoms with E-state index in [-0.39, 0.29) is 0 Å². The van der Waals surface area contributed by atoms with Crippen molar-refractivity contribution < 1.29 is 8.83 Å². The molecule has 65 heavy (non-hydrogen) atoms. The highest BCUT2D eigenvalue weighted by atomic mass is 16.3. The number of para-hydroxylation sites is 3. The Morgan fingerprint density at radius 3 is 2.12 bits per heavy atom. The van der Waals surface area contributed by atoms with Crippen LogP contribution in [0.1, 0.15) is 5.56 Å². The minimum absolute atomic E-state index is 0.812. The summed E-state index contributed by atoms with van der Waals surface area (Å²) in [5.41, 5.74) is 17.3. The van der Waals surface area contributed by atoms with Gasteiger partial charge in [0.05, 0.1) is 16.7 Å². The summed E-state index contributed by atoms with van der Waals surface area (Å²) in [4.78, 5) is 2.23. The number of allylic oxidation sites excluding steroid dienone is 4. The average molecular weight is 834 g/mol. The van der Waals surface area contributed by atoms with Gasteiger partial charge in [0.15, 0.2) is 0 Å². The first-order chi connectivity index (χ1) is 32.1. The molecule has 1 aliphatic heterocycles. The summed E-state index contributed by atoms with van der Waals surface area (Å²) in [6.07, 6.45) is 8.29. The van der Waals surface area contributed by atoms with Gasteiger partial charge in [-0.2, -0.15) is 0 Å². The second kappa shape index (κ2) is 14.7. The highest BCUT2D eigenvalue weighted by Crippen LogP contribution is 2.45. The van der Waals surface area contributed by atoms with Crippen LogP contribution >= 0.6 is 0 Å². The van der Waals surface area contributed by atoms with E-state index >= 15 is 0 Å². The van der Waals surface area contributed by atoms with E-state index in [1.807, 2.05) is 18.2 Å². The van der Waals surface area contributed by atoms with Crippen molar-refractivity contribution in [1.29, 1.82) is 0 Å². The molecular formula is C60H39N3O2. The lowest BCUT2D eigenvalue weighted by atomic mass is 9.98. The summed E-state index contributed by atoms with van der Waals surface area (Å²) in [7, 11) is 0. The van der Waals surface area contributed by atoms with Gasteiger partial charge in [-0.05, 0) is 119 Å². The largest absolute Gasteiger partial charge is 0.456 e. The Balaban J connectivity index is 0.900. The van der Waals surface area contributed by atoms with E-state index < -0.39 is 0 Å². The molecule has 0 radical (unpaired) electrons. The Morgan fingerprint density at radius 2 is 1.18 bits per heavy atom. The number of hydrogen-bond donors (Lipinski definition) is 1. The Bertz CT molecular complexity index is 3960. The maximum atomic E-state index is 6.85. The first kappa shape index (κ1) is 36.8. The van der Waals surface area contributed by atoms with Crippen molar-refractivity contribution in [3.05, 3.63) is 231 Å². The van der Waals surface area contributed by atoms with Crippen LogP contribution in [-0.2, 0) is 0 Å². The van der Waals surface area contributed by atoms with E-state index in [1.165, 1.54) is 16.3 Å². The van der Waals surface area contributed by atoms with Crippen molar-refractivity contribution in [2.75, 3.05) is 10.2 Å². The number of rotatable bonds is 6. The summed E-state index contributed by atoms with van der Waals surface area (Å²) in [6.45, 7) is 4.57. The van der Waals surface area contributed by atoms with Crippen molar-refractivity contribution in [1.82, 2.24) is 4.57 Å². The normalized spacial score (nSPS) is 13.8. The SMILES string of the molecule is C=C1/C=C\C=C/N(c2cccc(-c3ccc4oc5ccccc5c4c3)c2)c2ccc3c(oc4ccc(-n5c6ccccc6c6cc(Nc7ccccc7-c7ccccc7)ccc65)cc43)c21. The number of nitrogens with zero attached hydrogens (tertiary/aromatic N) is 2. The highest BCUT2D eigenvalue weighted by molar-refractivity contribution is 6.14. The smallest absolute Gasteiger partial charge is 0.145 e. The van der Waals surface area contributed by atoms with Crippen LogP contribution in [0.3, 0.4) is 0 Å². The molecular weight excluding hydrogens is 795 g/mol. The molecule has 0 unspecified atom stereocenters. The Morgan fingerprint density at radius 1 is 0.446 bits per heavy atom. The van der Waals surface area contributed by atoms with Gasteiger partial charge >= 0.3 is 0 Å². The van der Waals surface area contributed by atoms with E-state index in [2.05, 4.69) is 222 Å². The summed E-state index contributed by atoms with van der Waals surface area (Å²) >= 11 is 0. The molecule has 0 bridgehead atoms. The fourth-order valence-corrected chi connectivity index (χ4v) is 9.85. The van der Waals surface area contributed by atoms with Crippen LogP contribution in [-0.4, -0.2) is 4.57 Å². The zero-order chi connectivity index (χ0) is 43.0. The van der Waals surface area contributed by atoms with Crippen LogP contribution < -0.4 is 10.2 Å². The third kappa shape index (κ3) is 6.01. The molecule has 12 aromatic rings. The van der Waals surface area contributed by atoms with Gasteiger partial charge in [0.25, 0.3) is 0 Å². The number of anilines is 4. The fourth-order valence-electron chi connectivity index (χ4n) is 9.85. The molecule has 0 atom stereocenters. The van der Waals surface area contributed by atoms with Crippen LogP contribution in [0.5, 0.6) is 0 Å². The van der Waals surface area contributed by atoms with Crippen molar-refractivity contribution in [2.45, 2.75) is 0 Å². The van der Waals surface area contributed by atoms with Gasteiger partial charge in [-0.15, -0.1) is 0 Å². The molecule has 0 fully saturated rings. The van der Waals surface area contributed by atoms with E-state index in [9.17, 15) is 0 Å². The molecule has 0 spiro atoms. The third-order valence-electron chi connectivity index (χ3n) is 12.9. The molecule has 5 nitrogen and oxygen atoms in total. The standard InChI is InChI=1S/C60H39N3O2/c1-38-14-11-12-33-62(43-18-13-17-40(34-43)41-25-31-57-50(35-41)47-21-7-10-24-56(47)64-57)55-30-28-48-51-37-44(27-32-58(51)65-60(48)59(38)55)63-53-23-9-6-20-46(53)49-36-42(26-29-54(49)63)61-52-22-8-5-19-45(52)39-15-3-2-4-16-39/h2-37,61H,1H2/b14-11-,33-12-. The molecule has 3 aromatic heterocycles. The second-order valence-corrected chi connectivity index (χ2v) is 16.7. The lowest BCUT2D eigenvalue weighted by Crippen LogP contribution is -2.11. The van der Waals surface area contributed by atoms with Crippen LogP contribution in [0.2, 0.25) is 0 Å². The minimum Gasteiger partial charge on any atom is -0.456 e. The van der Waals surface area contributed by atoms with Crippen LogP contribution in [0.25, 0.3) is 99.2 Å². The van der Waals surface area contributed by atoms with Crippen LogP contribution in [0.4, 0.5) is 22.7 Å². The van der Waals surface area contributed by atoms with Gasteiger partial charge < -0.3 is 23.6 Å². The Hall–Kier alpha value is -8.80.